The zero-order valence-corrected chi connectivity index (χ0v) is 15.8. The van der Waals surface area contributed by atoms with Gasteiger partial charge in [0, 0.05) is 6.04 Å². The molecule has 0 spiro atoms. The summed E-state index contributed by atoms with van der Waals surface area (Å²) >= 11 is 1.10. The molecule has 1 fully saturated rings. The standard InChI is InChI=1S/C16H19N3O5S2/c1-11-3-2-4-13(7-11)23-8-15-18-19-16(24-15)25-9-14(20)17-12-5-6-26(21,22)10-12/h2-4,7,12H,5-6,8-10H2,1H3,(H,17,20)/t12-/m1/s1. The van der Waals surface area contributed by atoms with E-state index in [-0.39, 0.29) is 41.0 Å². The molecule has 1 aliphatic heterocycles. The van der Waals surface area contributed by atoms with E-state index < -0.39 is 9.84 Å². The van der Waals surface area contributed by atoms with Crippen LogP contribution in [0.2, 0.25) is 0 Å². The van der Waals surface area contributed by atoms with Crippen LogP contribution in [0.3, 0.4) is 0 Å². The Labute approximate surface area is 155 Å². The first kappa shape index (κ1) is 18.7. The lowest BCUT2D eigenvalue weighted by Crippen LogP contribution is -2.36. The topological polar surface area (TPSA) is 111 Å². The third kappa shape index (κ3) is 5.46. The van der Waals surface area contributed by atoms with E-state index in [1.807, 2.05) is 31.2 Å². The van der Waals surface area contributed by atoms with Crippen LogP contribution >= 0.6 is 11.8 Å². The minimum Gasteiger partial charge on any atom is -0.484 e. The van der Waals surface area contributed by atoms with Crippen LogP contribution < -0.4 is 10.1 Å². The van der Waals surface area contributed by atoms with Crippen LogP contribution in [0.4, 0.5) is 0 Å². The molecule has 1 aliphatic rings. The van der Waals surface area contributed by atoms with Crippen molar-refractivity contribution in [2.75, 3.05) is 17.3 Å². The number of thioether (sulfide) groups is 1. The number of carbonyl (C=O) groups is 1. The van der Waals surface area contributed by atoms with Crippen LogP contribution in [-0.2, 0) is 21.2 Å². The van der Waals surface area contributed by atoms with E-state index >= 15 is 0 Å². The van der Waals surface area contributed by atoms with Crippen LogP contribution in [0, 0.1) is 6.92 Å². The Morgan fingerprint density at radius 1 is 1.42 bits per heavy atom. The number of hydrogen-bond acceptors (Lipinski definition) is 8. The molecule has 2 heterocycles. The Bertz CT molecular complexity index is 882. The lowest BCUT2D eigenvalue weighted by Gasteiger charge is -2.09. The molecule has 26 heavy (non-hydrogen) atoms. The summed E-state index contributed by atoms with van der Waals surface area (Å²) in [4.78, 5) is 11.9. The molecule has 1 saturated heterocycles. The van der Waals surface area contributed by atoms with E-state index in [4.69, 9.17) is 9.15 Å². The normalized spacial score (nSPS) is 18.6. The van der Waals surface area contributed by atoms with Gasteiger partial charge in [0.05, 0.1) is 17.3 Å². The van der Waals surface area contributed by atoms with Gasteiger partial charge in [-0.2, -0.15) is 0 Å². The summed E-state index contributed by atoms with van der Waals surface area (Å²) in [6.07, 6.45) is 0.458. The van der Waals surface area contributed by atoms with Gasteiger partial charge in [0.2, 0.25) is 5.91 Å². The highest BCUT2D eigenvalue weighted by Gasteiger charge is 2.28. The summed E-state index contributed by atoms with van der Waals surface area (Å²) < 4.78 is 33.8. The molecule has 0 radical (unpaired) electrons. The van der Waals surface area contributed by atoms with Crippen molar-refractivity contribution < 1.29 is 22.4 Å². The highest BCUT2D eigenvalue weighted by molar-refractivity contribution is 7.99. The Balaban J connectivity index is 1.42. The molecule has 140 valence electrons. The van der Waals surface area contributed by atoms with Crippen LogP contribution in [-0.4, -0.2) is 47.8 Å². The Morgan fingerprint density at radius 3 is 3.00 bits per heavy atom. The summed E-state index contributed by atoms with van der Waals surface area (Å²) in [5.74, 6) is 0.980. The summed E-state index contributed by atoms with van der Waals surface area (Å²) in [6.45, 7) is 2.11. The van der Waals surface area contributed by atoms with E-state index in [0.717, 1.165) is 17.3 Å². The second-order valence-corrected chi connectivity index (χ2v) is 9.18. The van der Waals surface area contributed by atoms with Gasteiger partial charge in [0.25, 0.3) is 11.1 Å². The zero-order valence-electron chi connectivity index (χ0n) is 14.2. The van der Waals surface area contributed by atoms with Crippen LogP contribution in [0.1, 0.15) is 17.9 Å². The molecule has 0 saturated carbocycles. The predicted octanol–water partition coefficient (Wildman–Crippen LogP) is 1.35. The molecule has 1 aromatic carbocycles. The first-order valence-corrected chi connectivity index (χ1v) is 10.8. The van der Waals surface area contributed by atoms with Crippen LogP contribution in [0.15, 0.2) is 33.9 Å². The minimum absolute atomic E-state index is 0.00438. The Hall–Kier alpha value is -2.07. The maximum atomic E-state index is 11.9. The van der Waals surface area contributed by atoms with Gasteiger partial charge in [-0.05, 0) is 31.0 Å². The van der Waals surface area contributed by atoms with Crippen molar-refractivity contribution >= 4 is 27.5 Å². The smallest absolute Gasteiger partial charge is 0.277 e. The van der Waals surface area contributed by atoms with Crippen molar-refractivity contribution in [1.29, 1.82) is 0 Å². The number of carbonyl (C=O) groups excluding carboxylic acids is 1. The fourth-order valence-electron chi connectivity index (χ4n) is 2.51. The zero-order chi connectivity index (χ0) is 18.6. The summed E-state index contributed by atoms with van der Waals surface area (Å²) in [7, 11) is -3.01. The largest absolute Gasteiger partial charge is 0.484 e. The molecule has 1 amide bonds. The van der Waals surface area contributed by atoms with Gasteiger partial charge in [-0.15, -0.1) is 10.2 Å². The summed E-state index contributed by atoms with van der Waals surface area (Å²) in [5, 5.41) is 10.7. The predicted molar refractivity (Wildman–Crippen MR) is 95.7 cm³/mol. The lowest BCUT2D eigenvalue weighted by molar-refractivity contribution is -0.119. The minimum atomic E-state index is -3.01. The fraction of sp³-hybridized carbons (Fsp3) is 0.438. The van der Waals surface area contributed by atoms with E-state index in [2.05, 4.69) is 15.5 Å². The second kappa shape index (κ2) is 8.09. The van der Waals surface area contributed by atoms with Crippen LogP contribution in [0.25, 0.3) is 0 Å². The second-order valence-electron chi connectivity index (χ2n) is 6.02. The van der Waals surface area contributed by atoms with E-state index in [9.17, 15) is 13.2 Å². The number of hydrogen-bond donors (Lipinski definition) is 1. The number of aromatic nitrogens is 2. The SMILES string of the molecule is Cc1cccc(OCc2nnc(SCC(=O)N[C@@H]3CCS(=O)(=O)C3)o2)c1. The molecule has 3 rings (SSSR count). The number of nitrogens with zero attached hydrogens (tertiary/aromatic N) is 2. The molecular formula is C16H19N3O5S2. The van der Waals surface area contributed by atoms with Gasteiger partial charge < -0.3 is 14.5 Å². The number of nitrogens with one attached hydrogen (secondary N) is 1. The highest BCUT2D eigenvalue weighted by Crippen LogP contribution is 2.18. The van der Waals surface area contributed by atoms with E-state index in [0.29, 0.717) is 18.1 Å². The van der Waals surface area contributed by atoms with Gasteiger partial charge >= 0.3 is 0 Å². The molecule has 0 aliphatic carbocycles. The number of aryl methyl sites for hydroxylation is 1. The van der Waals surface area contributed by atoms with Crippen molar-refractivity contribution in [1.82, 2.24) is 15.5 Å². The first-order chi connectivity index (χ1) is 12.4. The Morgan fingerprint density at radius 2 is 2.27 bits per heavy atom. The van der Waals surface area contributed by atoms with Gasteiger partial charge in [-0.25, -0.2) is 8.42 Å². The molecule has 1 N–H and O–H groups in total. The lowest BCUT2D eigenvalue weighted by atomic mass is 10.2. The van der Waals surface area contributed by atoms with Crippen LogP contribution in [0.5, 0.6) is 5.75 Å². The third-order valence-electron chi connectivity index (χ3n) is 3.72. The van der Waals surface area contributed by atoms with E-state index in [1.165, 1.54) is 0 Å². The number of rotatable bonds is 7. The van der Waals surface area contributed by atoms with Crippen molar-refractivity contribution in [3.05, 3.63) is 35.7 Å². The van der Waals surface area contributed by atoms with Gasteiger partial charge in [0.1, 0.15) is 5.75 Å². The monoisotopic (exact) mass is 397 g/mol. The third-order valence-corrected chi connectivity index (χ3v) is 6.31. The number of ether oxygens (including phenoxy) is 1. The van der Waals surface area contributed by atoms with Gasteiger partial charge in [-0.1, -0.05) is 23.9 Å². The number of sulfone groups is 1. The highest BCUT2D eigenvalue weighted by atomic mass is 32.2. The first-order valence-electron chi connectivity index (χ1n) is 8.04. The van der Waals surface area contributed by atoms with E-state index in [1.54, 1.807) is 0 Å². The number of amides is 1. The Kier molecular flexibility index (Phi) is 5.82. The quantitative estimate of drug-likeness (QED) is 0.697. The van der Waals surface area contributed by atoms with Gasteiger partial charge in [0.15, 0.2) is 16.4 Å². The summed E-state index contributed by atoms with van der Waals surface area (Å²) in [5.41, 5.74) is 1.09. The maximum absolute atomic E-state index is 11.9. The average Bonchev–Trinajstić information content (AvgIpc) is 3.17. The molecule has 8 nitrogen and oxygen atoms in total. The molecule has 1 atom stereocenters. The van der Waals surface area contributed by atoms with Crippen molar-refractivity contribution in [3.63, 3.8) is 0 Å². The van der Waals surface area contributed by atoms with Gasteiger partial charge in [-0.3, -0.25) is 4.79 Å². The molecule has 0 bridgehead atoms. The summed E-state index contributed by atoms with van der Waals surface area (Å²) in [6, 6.07) is 7.30. The number of benzene rings is 1. The average molecular weight is 397 g/mol. The maximum Gasteiger partial charge on any atom is 0.277 e. The molecule has 10 heteroatoms. The molecular weight excluding hydrogens is 378 g/mol. The van der Waals surface area contributed by atoms with Crippen molar-refractivity contribution in [3.8, 4) is 5.75 Å². The van der Waals surface area contributed by atoms with Crippen molar-refractivity contribution in [2.45, 2.75) is 31.2 Å². The fourth-order valence-corrected chi connectivity index (χ4v) is 4.78. The molecule has 1 aromatic heterocycles. The molecule has 2 aromatic rings. The molecule has 0 unspecified atom stereocenters. The van der Waals surface area contributed by atoms with Crippen molar-refractivity contribution in [2.24, 2.45) is 0 Å².